The maximum absolute atomic E-state index is 12.8. The number of unbranched alkanes of at least 4 members (excludes halogenated alkanes) is 24. The average molecular weight is 1190 g/mol. The molecular weight excluding hydrogens is 1090 g/mol. The van der Waals surface area contributed by atoms with Gasteiger partial charge in [0.05, 0.1) is 37.1 Å². The van der Waals surface area contributed by atoms with Crippen LogP contribution in [0.15, 0.2) is 48.5 Å². The van der Waals surface area contributed by atoms with Crippen LogP contribution in [0.2, 0.25) is 0 Å². The molecule has 0 spiro atoms. The maximum atomic E-state index is 12.8. The molecule has 2 heterocycles. The van der Waals surface area contributed by atoms with Crippen LogP contribution in [0.25, 0.3) is 0 Å². The molecule has 2 aromatic rings. The van der Waals surface area contributed by atoms with Gasteiger partial charge in [0.15, 0.2) is 0 Å². The van der Waals surface area contributed by atoms with Gasteiger partial charge in [-0.15, -0.1) is 0 Å². The number of aromatic hydroxyl groups is 2. The Kier molecular flexibility index (Phi) is 44.4. The molecule has 6 N–H and O–H groups in total. The molecule has 2 aliphatic heterocycles. The smallest absolute Gasteiger partial charge is 0.548 e. The molecule has 0 aromatic heterocycles. The van der Waals surface area contributed by atoms with Crippen molar-refractivity contribution in [3.63, 3.8) is 0 Å². The molecule has 2 fully saturated rings. The second-order valence-corrected chi connectivity index (χ2v) is 22.5. The van der Waals surface area contributed by atoms with Crippen LogP contribution in [-0.4, -0.2) is 118 Å². The van der Waals surface area contributed by atoms with Gasteiger partial charge in [-0.1, -0.05) is 192 Å². The Bertz CT molecular complexity index is 2040. The Labute approximate surface area is 545 Å². The molecule has 2 saturated heterocycles. The van der Waals surface area contributed by atoms with E-state index < -0.39 is 72.8 Å². The monoisotopic (exact) mass is 1190 g/mol. The first-order valence-corrected chi connectivity index (χ1v) is 31.3. The fraction of sp³-hybridized carbons (Fsp3) is 0.688. The summed E-state index contributed by atoms with van der Waals surface area (Å²) >= 11 is 0. The van der Waals surface area contributed by atoms with Crippen molar-refractivity contribution in [3.05, 3.63) is 59.7 Å². The molecule has 4 atom stereocenters. The number of hydrogen-bond acceptors (Lipinski definition) is 12. The third kappa shape index (κ3) is 34.2. The fourth-order valence-corrected chi connectivity index (χ4v) is 10.7. The van der Waals surface area contributed by atoms with Gasteiger partial charge in [0.2, 0.25) is 35.4 Å². The Hall–Kier alpha value is -4.20. The number of phenolic OH excluding ortho intramolecular Hbond substituents is 2. The van der Waals surface area contributed by atoms with Crippen LogP contribution in [0.1, 0.15) is 230 Å². The molecule has 20 heteroatoms. The number of nitrogens with zero attached hydrogens (tertiary/aromatic N) is 2. The summed E-state index contributed by atoms with van der Waals surface area (Å²) in [6.07, 6.45) is 35.6. The minimum atomic E-state index is -1.45. The summed E-state index contributed by atoms with van der Waals surface area (Å²) in [5.41, 5.74) is 1.20. The summed E-state index contributed by atoms with van der Waals surface area (Å²) in [4.78, 5) is 102. The van der Waals surface area contributed by atoms with Gasteiger partial charge in [0.1, 0.15) is 23.6 Å². The number of carboxylic acids is 2. The number of carbonyl (C=O) groups is 8. The molecule has 2 aliphatic rings. The van der Waals surface area contributed by atoms with Crippen LogP contribution in [-0.2, 0) is 51.2 Å². The van der Waals surface area contributed by atoms with Gasteiger partial charge in [-0.05, 0) is 86.8 Å². The van der Waals surface area contributed by atoms with E-state index in [1.54, 1.807) is 34.1 Å². The van der Waals surface area contributed by atoms with Gasteiger partial charge >= 0.3 is 59.1 Å². The zero-order valence-electron chi connectivity index (χ0n) is 51.7. The van der Waals surface area contributed by atoms with Crippen LogP contribution in [0.5, 0.6) is 11.5 Å². The topological polar surface area (TPSA) is 278 Å². The molecule has 4 rings (SSSR count). The zero-order valence-corrected chi connectivity index (χ0v) is 55.7. The predicted octanol–water partition coefficient (Wildman–Crippen LogP) is 1.52. The van der Waals surface area contributed by atoms with Crippen LogP contribution >= 0.6 is 0 Å². The van der Waals surface area contributed by atoms with Crippen LogP contribution in [0, 0.1) is 0 Å². The van der Waals surface area contributed by atoms with Crippen LogP contribution in [0.3, 0.4) is 0 Å². The molecule has 0 saturated carbocycles. The van der Waals surface area contributed by atoms with Crippen molar-refractivity contribution >= 4 is 47.4 Å². The molecular formula is C64H100N6Na2O12. The molecule has 18 nitrogen and oxygen atoms in total. The largest absolute Gasteiger partial charge is 1.00 e. The van der Waals surface area contributed by atoms with E-state index >= 15 is 0 Å². The van der Waals surface area contributed by atoms with E-state index in [9.17, 15) is 58.8 Å². The van der Waals surface area contributed by atoms with E-state index in [1.165, 1.54) is 153 Å². The number of carboxylic acid groups (broad SMARTS) is 2. The number of benzene rings is 2. The first-order valence-electron chi connectivity index (χ1n) is 31.3. The van der Waals surface area contributed by atoms with Gasteiger partial charge in [0, 0.05) is 25.9 Å². The zero-order chi connectivity index (χ0) is 59.7. The van der Waals surface area contributed by atoms with E-state index in [2.05, 4.69) is 35.1 Å². The van der Waals surface area contributed by atoms with Crippen molar-refractivity contribution in [1.82, 2.24) is 31.1 Å². The maximum Gasteiger partial charge on any atom is 1.00 e. The Balaban J connectivity index is 0.000000820. The second kappa shape index (κ2) is 47.9. The molecule has 2 aromatic carbocycles. The van der Waals surface area contributed by atoms with E-state index in [0.717, 1.165) is 51.4 Å². The molecule has 0 radical (unpaired) electrons. The summed E-state index contributed by atoms with van der Waals surface area (Å²) in [6, 6.07) is 8.17. The summed E-state index contributed by atoms with van der Waals surface area (Å²) < 4.78 is 0. The molecule has 0 unspecified atom stereocenters. The van der Waals surface area contributed by atoms with Crippen molar-refractivity contribution in [2.45, 2.75) is 256 Å². The van der Waals surface area contributed by atoms with Crippen molar-refractivity contribution in [2.75, 3.05) is 26.2 Å². The average Bonchev–Trinajstić information content (AvgIpc) is 4.26. The first-order chi connectivity index (χ1) is 39.6. The molecule has 0 bridgehead atoms. The van der Waals surface area contributed by atoms with Crippen LogP contribution < -0.4 is 90.6 Å². The first kappa shape index (κ1) is 77.8. The summed E-state index contributed by atoms with van der Waals surface area (Å²) in [6.45, 7) is 4.76. The SMILES string of the molecule is CCCCCCCCCCCCCCCC(=O)N1CCC[C@H]1C(=O)NCC(=O)N[C@@H](Cc1ccc(O)cc1)C(=O)[O-].CCCCCCCCCCCCCCCC(=O)N1CCC[C@H]1C(=O)NCC(=O)N[C@@H](Cc1ccc(O)cc1)C(=O)[O-].[Na+].[Na+]. The van der Waals surface area contributed by atoms with E-state index in [-0.39, 0.29) is 95.3 Å². The van der Waals surface area contributed by atoms with Gasteiger partial charge in [-0.2, -0.15) is 0 Å². The number of likely N-dealkylation sites (tertiary alicyclic amines) is 2. The third-order valence-corrected chi connectivity index (χ3v) is 15.6. The summed E-state index contributed by atoms with van der Waals surface area (Å²) in [7, 11) is 0. The number of hydrogen-bond donors (Lipinski definition) is 6. The molecule has 6 amide bonds. The van der Waals surface area contributed by atoms with Crippen molar-refractivity contribution in [1.29, 1.82) is 0 Å². The third-order valence-electron chi connectivity index (χ3n) is 15.6. The minimum absolute atomic E-state index is 0. The number of aliphatic carboxylic acids is 2. The molecule has 460 valence electrons. The summed E-state index contributed by atoms with van der Waals surface area (Å²) in [5, 5.41) is 51.6. The number of nitrogens with one attached hydrogen (secondary N) is 4. The molecule has 84 heavy (non-hydrogen) atoms. The van der Waals surface area contributed by atoms with E-state index in [4.69, 9.17) is 0 Å². The normalized spacial score (nSPS) is 15.1. The van der Waals surface area contributed by atoms with E-state index in [0.29, 0.717) is 49.9 Å². The number of amides is 6. The number of phenols is 2. The number of rotatable bonds is 42. The second-order valence-electron chi connectivity index (χ2n) is 22.5. The Morgan fingerprint density at radius 2 is 0.726 bits per heavy atom. The number of carbonyl (C=O) groups excluding carboxylic acids is 8. The molecule has 0 aliphatic carbocycles. The fourth-order valence-electron chi connectivity index (χ4n) is 10.7. The quantitative estimate of drug-likeness (QED) is 0.0408. The van der Waals surface area contributed by atoms with Gasteiger partial charge in [-0.3, -0.25) is 28.8 Å². The Morgan fingerprint density at radius 1 is 0.452 bits per heavy atom. The van der Waals surface area contributed by atoms with Gasteiger partial charge in [0.25, 0.3) is 0 Å². The van der Waals surface area contributed by atoms with Gasteiger partial charge in [-0.25, -0.2) is 0 Å². The van der Waals surface area contributed by atoms with E-state index in [1.807, 2.05) is 0 Å². The Morgan fingerprint density at radius 3 is 1.00 bits per heavy atom. The van der Waals surface area contributed by atoms with Gasteiger partial charge < -0.3 is 61.1 Å². The predicted molar refractivity (Wildman–Crippen MR) is 314 cm³/mol. The van der Waals surface area contributed by atoms with Crippen molar-refractivity contribution in [3.8, 4) is 11.5 Å². The van der Waals surface area contributed by atoms with Crippen molar-refractivity contribution < 1.29 is 118 Å². The summed E-state index contributed by atoms with van der Waals surface area (Å²) in [5.74, 6) is -4.97. The van der Waals surface area contributed by atoms with Crippen molar-refractivity contribution in [2.24, 2.45) is 0 Å². The minimum Gasteiger partial charge on any atom is -0.548 e. The standard InChI is InChI=1S/2C32H51N3O6.2Na/c2*1-2-3-4-5-6-7-8-9-10-11-12-13-14-17-30(38)35-22-15-16-28(35)31(39)33-24-29(37)34-27(32(40)41)23-25-18-20-26(36)21-19-25;;/h2*18-21,27-28,36H,2-17,22-24H2,1H3,(H,33,39)(H,34,37)(H,40,41);;/q;;2*+1/p-2/t2*27-,28-;;/m00../s1. The van der Waals surface area contributed by atoms with Crippen LogP contribution in [0.4, 0.5) is 0 Å².